The van der Waals surface area contributed by atoms with Crippen molar-refractivity contribution >= 4 is 6.03 Å². The van der Waals surface area contributed by atoms with Crippen LogP contribution in [0.3, 0.4) is 0 Å². The normalized spacial score (nSPS) is 22.5. The Labute approximate surface area is 143 Å². The van der Waals surface area contributed by atoms with Crippen molar-refractivity contribution in [3.63, 3.8) is 0 Å². The lowest BCUT2D eigenvalue weighted by molar-refractivity contribution is 0.0326. The Morgan fingerprint density at radius 3 is 3.00 bits per heavy atom. The predicted molar refractivity (Wildman–Crippen MR) is 91.9 cm³/mol. The van der Waals surface area contributed by atoms with E-state index in [-0.39, 0.29) is 6.03 Å². The number of nitrogens with zero attached hydrogens (tertiary/aromatic N) is 3. The zero-order chi connectivity index (χ0) is 16.6. The van der Waals surface area contributed by atoms with Crippen LogP contribution in [0.4, 0.5) is 4.79 Å². The minimum atomic E-state index is 0.0881. The molecule has 0 saturated carbocycles. The molecule has 0 bridgehead atoms. The molecule has 3 heterocycles. The van der Waals surface area contributed by atoms with E-state index in [0.29, 0.717) is 12.6 Å². The second-order valence-corrected chi connectivity index (χ2v) is 6.67. The largest absolute Gasteiger partial charge is 0.379 e. The summed E-state index contributed by atoms with van der Waals surface area (Å²) < 4.78 is 5.40. The van der Waals surface area contributed by atoms with Gasteiger partial charge in [-0.3, -0.25) is 10.00 Å². The molecular weight excluding hydrogens is 306 g/mol. The molecule has 2 aliphatic rings. The number of carbonyl (C=O) groups is 1. The molecule has 0 radical (unpaired) electrons. The van der Waals surface area contributed by atoms with E-state index >= 15 is 0 Å². The van der Waals surface area contributed by atoms with Gasteiger partial charge in [0.2, 0.25) is 0 Å². The zero-order valence-electron chi connectivity index (χ0n) is 14.4. The minimum Gasteiger partial charge on any atom is -0.379 e. The van der Waals surface area contributed by atoms with E-state index in [1.54, 1.807) is 6.20 Å². The molecule has 2 fully saturated rings. The second kappa shape index (κ2) is 9.03. The molecule has 0 aliphatic carbocycles. The van der Waals surface area contributed by atoms with Crippen molar-refractivity contribution in [2.24, 2.45) is 0 Å². The highest BCUT2D eigenvalue weighted by molar-refractivity contribution is 5.74. The molecule has 0 spiro atoms. The number of rotatable bonds is 6. The Hall–Kier alpha value is -1.60. The Kier molecular flexibility index (Phi) is 6.48. The molecule has 2 aliphatic heterocycles. The predicted octanol–water partition coefficient (Wildman–Crippen LogP) is 1.24. The van der Waals surface area contributed by atoms with Crippen molar-refractivity contribution in [2.75, 3.05) is 45.9 Å². The standard InChI is InChI=1S/C17H29N5O2/c23-17(18-6-4-15-13-19-20-14-15)22-7-2-1-3-16(22)5-8-21-9-11-24-12-10-21/h13-14,16H,1-12H2,(H,18,23)(H,19,20)/t16-/m0/s1. The highest BCUT2D eigenvalue weighted by Gasteiger charge is 2.27. The number of nitrogens with one attached hydrogen (secondary N) is 2. The van der Waals surface area contributed by atoms with Crippen molar-refractivity contribution in [2.45, 2.75) is 38.1 Å². The molecule has 0 aromatic carbocycles. The van der Waals surface area contributed by atoms with Gasteiger partial charge < -0.3 is 15.0 Å². The van der Waals surface area contributed by atoms with E-state index in [4.69, 9.17) is 4.74 Å². The molecule has 7 nitrogen and oxygen atoms in total. The van der Waals surface area contributed by atoms with E-state index in [9.17, 15) is 4.79 Å². The summed E-state index contributed by atoms with van der Waals surface area (Å²) in [6.07, 6.45) is 9.02. The smallest absolute Gasteiger partial charge is 0.317 e. The summed E-state index contributed by atoms with van der Waals surface area (Å²) in [5.41, 5.74) is 1.12. The summed E-state index contributed by atoms with van der Waals surface area (Å²) in [7, 11) is 0. The van der Waals surface area contributed by atoms with Crippen LogP contribution < -0.4 is 5.32 Å². The fourth-order valence-electron chi connectivity index (χ4n) is 3.55. The van der Waals surface area contributed by atoms with Crippen LogP contribution in [0.2, 0.25) is 0 Å². The van der Waals surface area contributed by atoms with Crippen LogP contribution in [0.25, 0.3) is 0 Å². The maximum absolute atomic E-state index is 12.5. The quantitative estimate of drug-likeness (QED) is 0.820. The van der Waals surface area contributed by atoms with Gasteiger partial charge in [0.25, 0.3) is 0 Å². The highest BCUT2D eigenvalue weighted by atomic mass is 16.5. The van der Waals surface area contributed by atoms with E-state index in [1.807, 2.05) is 6.20 Å². The first-order valence-electron chi connectivity index (χ1n) is 9.15. The molecule has 2 N–H and O–H groups in total. The van der Waals surface area contributed by atoms with Gasteiger partial charge in [-0.2, -0.15) is 5.10 Å². The molecule has 1 aromatic heterocycles. The molecule has 7 heteroatoms. The molecular formula is C17H29N5O2. The van der Waals surface area contributed by atoms with Gasteiger partial charge in [0.1, 0.15) is 0 Å². The highest BCUT2D eigenvalue weighted by Crippen LogP contribution is 2.20. The molecule has 0 unspecified atom stereocenters. The third-order valence-corrected chi connectivity index (χ3v) is 5.02. The summed E-state index contributed by atoms with van der Waals surface area (Å²) in [5, 5.41) is 9.80. The van der Waals surface area contributed by atoms with Gasteiger partial charge in [0.05, 0.1) is 19.4 Å². The van der Waals surface area contributed by atoms with Gasteiger partial charge in [-0.1, -0.05) is 0 Å². The Morgan fingerprint density at radius 2 is 2.21 bits per heavy atom. The first kappa shape index (κ1) is 17.2. The Balaban J connectivity index is 1.43. The van der Waals surface area contributed by atoms with Gasteiger partial charge in [-0.15, -0.1) is 0 Å². The maximum Gasteiger partial charge on any atom is 0.317 e. The number of hydrogen-bond acceptors (Lipinski definition) is 4. The average molecular weight is 335 g/mol. The Morgan fingerprint density at radius 1 is 1.33 bits per heavy atom. The van der Waals surface area contributed by atoms with Crippen LogP contribution in [-0.4, -0.2) is 78.0 Å². The SMILES string of the molecule is O=C(NCCc1cn[nH]c1)N1CCCC[C@H]1CCN1CCOCC1. The molecule has 1 atom stereocenters. The van der Waals surface area contributed by atoms with Gasteiger partial charge in [-0.25, -0.2) is 4.79 Å². The monoisotopic (exact) mass is 335 g/mol. The van der Waals surface area contributed by atoms with Gasteiger partial charge in [0.15, 0.2) is 0 Å². The summed E-state index contributed by atoms with van der Waals surface area (Å²) >= 11 is 0. The molecule has 24 heavy (non-hydrogen) atoms. The molecule has 3 rings (SSSR count). The number of urea groups is 1. The summed E-state index contributed by atoms with van der Waals surface area (Å²) in [4.78, 5) is 17.1. The Bertz CT molecular complexity index is 487. The zero-order valence-corrected chi connectivity index (χ0v) is 14.4. The van der Waals surface area contributed by atoms with Crippen molar-refractivity contribution in [1.29, 1.82) is 0 Å². The number of amides is 2. The lowest BCUT2D eigenvalue weighted by atomic mass is 9.99. The summed E-state index contributed by atoms with van der Waals surface area (Å²) in [6, 6.07) is 0.459. The summed E-state index contributed by atoms with van der Waals surface area (Å²) in [5.74, 6) is 0. The molecule has 2 amide bonds. The average Bonchev–Trinajstić information content (AvgIpc) is 3.14. The van der Waals surface area contributed by atoms with Crippen molar-refractivity contribution in [3.8, 4) is 0 Å². The fourth-order valence-corrected chi connectivity index (χ4v) is 3.55. The molecule has 2 saturated heterocycles. The maximum atomic E-state index is 12.5. The van der Waals surface area contributed by atoms with E-state index in [0.717, 1.165) is 70.6 Å². The van der Waals surface area contributed by atoms with Crippen molar-refractivity contribution in [1.82, 2.24) is 25.3 Å². The van der Waals surface area contributed by atoms with Crippen LogP contribution >= 0.6 is 0 Å². The molecule has 134 valence electrons. The van der Waals surface area contributed by atoms with E-state index < -0.39 is 0 Å². The van der Waals surface area contributed by atoms with Crippen LogP contribution in [-0.2, 0) is 11.2 Å². The number of hydrogen-bond donors (Lipinski definition) is 2. The fraction of sp³-hybridized carbons (Fsp3) is 0.765. The number of carbonyl (C=O) groups excluding carboxylic acids is 1. The number of aromatic amines is 1. The van der Waals surface area contributed by atoms with E-state index in [2.05, 4.69) is 25.3 Å². The lowest BCUT2D eigenvalue weighted by Crippen LogP contribution is -2.50. The van der Waals surface area contributed by atoms with Crippen LogP contribution in [0.1, 0.15) is 31.2 Å². The topological polar surface area (TPSA) is 73.5 Å². The number of aromatic nitrogens is 2. The van der Waals surface area contributed by atoms with Crippen molar-refractivity contribution < 1.29 is 9.53 Å². The van der Waals surface area contributed by atoms with Gasteiger partial charge >= 0.3 is 6.03 Å². The van der Waals surface area contributed by atoms with Crippen LogP contribution in [0, 0.1) is 0 Å². The minimum absolute atomic E-state index is 0.0881. The first-order valence-corrected chi connectivity index (χ1v) is 9.15. The number of piperidine rings is 1. The third-order valence-electron chi connectivity index (χ3n) is 5.02. The van der Waals surface area contributed by atoms with Gasteiger partial charge in [-0.05, 0) is 37.7 Å². The third kappa shape index (κ3) is 4.95. The van der Waals surface area contributed by atoms with Crippen molar-refractivity contribution in [3.05, 3.63) is 18.0 Å². The second-order valence-electron chi connectivity index (χ2n) is 6.67. The lowest BCUT2D eigenvalue weighted by Gasteiger charge is -2.37. The number of ether oxygens (including phenoxy) is 1. The van der Waals surface area contributed by atoms with Gasteiger partial charge in [0, 0.05) is 45.0 Å². The first-order chi connectivity index (χ1) is 11.8. The van der Waals surface area contributed by atoms with Crippen LogP contribution in [0.5, 0.6) is 0 Å². The number of morpholine rings is 1. The number of H-pyrrole nitrogens is 1. The van der Waals surface area contributed by atoms with Crippen LogP contribution in [0.15, 0.2) is 12.4 Å². The number of likely N-dealkylation sites (tertiary alicyclic amines) is 1. The molecule has 1 aromatic rings. The van der Waals surface area contributed by atoms with E-state index in [1.165, 1.54) is 6.42 Å². The summed E-state index contributed by atoms with van der Waals surface area (Å²) in [6.45, 7) is 6.31.